The highest BCUT2D eigenvalue weighted by molar-refractivity contribution is 7.92. The van der Waals surface area contributed by atoms with Gasteiger partial charge in [0.2, 0.25) is 5.91 Å². The molecule has 210 valence electrons. The number of nitrogens with one attached hydrogen (secondary N) is 2. The molecule has 2 fully saturated rings. The van der Waals surface area contributed by atoms with Crippen molar-refractivity contribution in [3.05, 3.63) is 52.8 Å². The van der Waals surface area contributed by atoms with Gasteiger partial charge in [-0.25, -0.2) is 17.6 Å². The average Bonchev–Trinajstić information content (AvgIpc) is 3.53. The number of rotatable bonds is 8. The predicted molar refractivity (Wildman–Crippen MR) is 138 cm³/mol. The zero-order valence-electron chi connectivity index (χ0n) is 21.2. The molecule has 1 saturated carbocycles. The van der Waals surface area contributed by atoms with Gasteiger partial charge in [0.05, 0.1) is 23.1 Å². The van der Waals surface area contributed by atoms with Crippen molar-refractivity contribution in [1.82, 2.24) is 10.2 Å². The number of anilines is 1. The molecule has 3 aliphatic rings. The lowest BCUT2D eigenvalue weighted by atomic mass is 10.0. The van der Waals surface area contributed by atoms with Crippen LogP contribution in [0.15, 0.2) is 35.2 Å². The van der Waals surface area contributed by atoms with E-state index in [9.17, 15) is 27.5 Å². The number of carbonyl (C=O) groups excluding carboxylic acids is 1. The second-order valence-corrected chi connectivity index (χ2v) is 11.3. The summed E-state index contributed by atoms with van der Waals surface area (Å²) in [4.78, 5) is 35.0. The number of hydrogen-bond acceptors (Lipinski definition) is 7. The smallest absolute Gasteiger partial charge is 0.341 e. The number of hydrogen-bond donors (Lipinski definition) is 4. The molecule has 1 saturated heterocycles. The van der Waals surface area contributed by atoms with Gasteiger partial charge < -0.3 is 25.2 Å². The number of sulfonamides is 1. The quantitative estimate of drug-likeness (QED) is 0.354. The Morgan fingerprint density at radius 3 is 2.67 bits per heavy atom. The van der Waals surface area contributed by atoms with Gasteiger partial charge in [-0.15, -0.1) is 0 Å². The maximum atomic E-state index is 14.1. The Hall–Kier alpha value is -3.71. The number of carboxylic acids is 1. The summed E-state index contributed by atoms with van der Waals surface area (Å²) in [7, 11) is -4.32. The molecule has 0 unspecified atom stereocenters. The van der Waals surface area contributed by atoms with Crippen LogP contribution in [-0.2, 0) is 26.2 Å². The van der Waals surface area contributed by atoms with Crippen molar-refractivity contribution in [2.24, 2.45) is 11.8 Å². The van der Waals surface area contributed by atoms with E-state index in [1.54, 1.807) is 6.07 Å². The molecule has 1 amide bonds. The molecule has 0 spiro atoms. The second-order valence-electron chi connectivity index (χ2n) is 9.68. The first-order valence-corrected chi connectivity index (χ1v) is 14.0. The van der Waals surface area contributed by atoms with Crippen molar-refractivity contribution in [2.45, 2.75) is 37.1 Å². The van der Waals surface area contributed by atoms with Crippen molar-refractivity contribution in [2.75, 3.05) is 31.0 Å². The molecule has 0 bridgehead atoms. The Morgan fingerprint density at radius 1 is 1.26 bits per heavy atom. The van der Waals surface area contributed by atoms with Crippen molar-refractivity contribution < 1.29 is 42.1 Å². The first-order chi connectivity index (χ1) is 18.6. The third-order valence-corrected chi connectivity index (χ3v) is 8.73. The number of carboxylic acid groups (broad SMARTS) is 2. The first-order valence-electron chi connectivity index (χ1n) is 12.5. The zero-order valence-corrected chi connectivity index (χ0v) is 22.0. The Kier molecular flexibility index (Phi) is 8.40. The van der Waals surface area contributed by atoms with Gasteiger partial charge in [-0.05, 0) is 67.2 Å². The second kappa shape index (κ2) is 11.6. The van der Waals surface area contributed by atoms with Gasteiger partial charge in [0.15, 0.2) is 0 Å². The lowest BCUT2D eigenvalue weighted by Crippen LogP contribution is -2.33. The standard InChI is InChI=1S/C25H28FN3O6S.CH2O2/c1-2-29-8-7-14(12-29)24(30)27-11-15-9-17(26)3-6-21(15)36(33,34)28-20-5-4-18-19-10-16(19)13-35-23(18)22(20)25(31)32;2-1-3/h3-6,9,14,16,19,28H,2,7-8,10-13H2,1H3,(H,27,30)(H,31,32);1H,(H,2,3)/t14-,16-,19-;/m0./s1. The maximum absolute atomic E-state index is 14.1. The third-order valence-electron chi connectivity index (χ3n) is 7.27. The summed E-state index contributed by atoms with van der Waals surface area (Å²) < 4.78 is 48.8. The number of likely N-dealkylation sites (tertiary alicyclic amines) is 1. The van der Waals surface area contributed by atoms with Crippen LogP contribution in [0.4, 0.5) is 10.1 Å². The normalized spacial score (nSPS) is 21.3. The molecule has 4 N–H and O–H groups in total. The zero-order chi connectivity index (χ0) is 28.3. The minimum Gasteiger partial charge on any atom is -0.492 e. The van der Waals surface area contributed by atoms with Crippen LogP contribution >= 0.6 is 0 Å². The van der Waals surface area contributed by atoms with Gasteiger partial charge in [-0.3, -0.25) is 14.3 Å². The maximum Gasteiger partial charge on any atom is 0.341 e. The van der Waals surface area contributed by atoms with Crippen LogP contribution in [0.25, 0.3) is 0 Å². The minimum absolute atomic E-state index is 0.0631. The van der Waals surface area contributed by atoms with E-state index in [4.69, 9.17) is 14.6 Å². The Morgan fingerprint density at radius 2 is 2.00 bits per heavy atom. The summed E-state index contributed by atoms with van der Waals surface area (Å²) >= 11 is 0. The molecule has 5 rings (SSSR count). The molecular formula is C26H30FN3O8S. The highest BCUT2D eigenvalue weighted by Gasteiger charge is 2.45. The molecule has 1 aliphatic carbocycles. The number of aromatic carboxylic acids is 1. The Bertz CT molecular complexity index is 1380. The molecule has 11 nitrogen and oxygen atoms in total. The van der Waals surface area contributed by atoms with Gasteiger partial charge in [0.25, 0.3) is 16.5 Å². The topological polar surface area (TPSA) is 162 Å². The first kappa shape index (κ1) is 28.3. The van der Waals surface area contributed by atoms with E-state index < -0.39 is 21.8 Å². The van der Waals surface area contributed by atoms with Gasteiger partial charge in [-0.1, -0.05) is 13.0 Å². The van der Waals surface area contributed by atoms with Crippen molar-refractivity contribution in [3.8, 4) is 5.75 Å². The predicted octanol–water partition coefficient (Wildman–Crippen LogP) is 2.48. The van der Waals surface area contributed by atoms with E-state index in [1.807, 2.05) is 6.92 Å². The number of halogens is 1. The van der Waals surface area contributed by atoms with Crippen LogP contribution in [0.5, 0.6) is 5.75 Å². The molecule has 13 heteroatoms. The van der Waals surface area contributed by atoms with Gasteiger partial charge >= 0.3 is 5.97 Å². The molecule has 3 atom stereocenters. The van der Waals surface area contributed by atoms with Gasteiger partial charge in [-0.2, -0.15) is 0 Å². The van der Waals surface area contributed by atoms with E-state index in [-0.39, 0.29) is 58.2 Å². The summed E-state index contributed by atoms with van der Waals surface area (Å²) in [6, 6.07) is 6.29. The molecule has 2 heterocycles. The molecule has 2 aromatic carbocycles. The van der Waals surface area contributed by atoms with Crippen LogP contribution in [0.2, 0.25) is 0 Å². The number of ether oxygens (including phenoxy) is 1. The Balaban J connectivity index is 0.00000112. The molecule has 2 aromatic rings. The molecule has 39 heavy (non-hydrogen) atoms. The van der Waals surface area contributed by atoms with Gasteiger partial charge in [0, 0.05) is 19.0 Å². The SMILES string of the molecule is CCN1CC[C@H](C(=O)NCc2cc(F)ccc2S(=O)(=O)Nc2ccc3c(c2C(=O)O)OC[C@@H]2C[C@H]32)C1.O=CO. The van der Waals surface area contributed by atoms with Crippen LogP contribution in [-0.4, -0.2) is 68.1 Å². The number of fused-ring (bicyclic) bond motifs is 3. The Labute approximate surface area is 225 Å². The molecular weight excluding hydrogens is 533 g/mol. The molecule has 0 radical (unpaired) electrons. The summed E-state index contributed by atoms with van der Waals surface area (Å²) in [6.07, 6.45) is 1.62. The van der Waals surface area contributed by atoms with Crippen LogP contribution in [0.1, 0.15) is 47.2 Å². The third kappa shape index (κ3) is 6.14. The summed E-state index contributed by atoms with van der Waals surface area (Å²) in [5.74, 6) is -1.61. The summed E-state index contributed by atoms with van der Waals surface area (Å²) in [5, 5.41) is 19.5. The van der Waals surface area contributed by atoms with Crippen LogP contribution in [0, 0.1) is 17.7 Å². The van der Waals surface area contributed by atoms with E-state index in [2.05, 4.69) is 14.9 Å². The number of benzene rings is 2. The monoisotopic (exact) mass is 563 g/mol. The molecule has 2 aliphatic heterocycles. The summed E-state index contributed by atoms with van der Waals surface area (Å²) in [6.45, 7) is 4.26. The number of nitrogens with zero attached hydrogens (tertiary/aromatic N) is 1. The fourth-order valence-corrected chi connectivity index (χ4v) is 6.45. The van der Waals surface area contributed by atoms with Crippen LogP contribution in [0.3, 0.4) is 0 Å². The highest BCUT2D eigenvalue weighted by atomic mass is 32.2. The lowest BCUT2D eigenvalue weighted by molar-refractivity contribution is -0.125. The largest absolute Gasteiger partial charge is 0.492 e. The van der Waals surface area contributed by atoms with Crippen molar-refractivity contribution in [3.63, 3.8) is 0 Å². The van der Waals surface area contributed by atoms with Gasteiger partial charge in [0.1, 0.15) is 17.1 Å². The van der Waals surface area contributed by atoms with E-state index in [1.165, 1.54) is 6.07 Å². The number of carbonyl (C=O) groups is 3. The van der Waals surface area contributed by atoms with E-state index >= 15 is 0 Å². The number of amides is 1. The fourth-order valence-electron chi connectivity index (χ4n) is 5.16. The average molecular weight is 564 g/mol. The van der Waals surface area contributed by atoms with E-state index in [0.29, 0.717) is 25.5 Å². The van der Waals surface area contributed by atoms with Crippen molar-refractivity contribution in [1.29, 1.82) is 0 Å². The van der Waals surface area contributed by atoms with E-state index in [0.717, 1.165) is 43.3 Å². The lowest BCUT2D eigenvalue weighted by Gasteiger charge is -2.21. The summed E-state index contributed by atoms with van der Waals surface area (Å²) in [5.41, 5.74) is 0.448. The highest BCUT2D eigenvalue weighted by Crippen LogP contribution is 2.55. The minimum atomic E-state index is -4.32. The van der Waals surface area contributed by atoms with Crippen molar-refractivity contribution >= 4 is 34.1 Å². The van der Waals surface area contributed by atoms with Crippen LogP contribution < -0.4 is 14.8 Å². The fraction of sp³-hybridized carbons (Fsp3) is 0.423. The molecule has 0 aromatic heterocycles.